The molecule has 0 aliphatic carbocycles. The van der Waals surface area contributed by atoms with Crippen molar-refractivity contribution in [3.05, 3.63) is 23.8 Å². The van der Waals surface area contributed by atoms with Gasteiger partial charge in [0.05, 0.1) is 31.6 Å². The van der Waals surface area contributed by atoms with E-state index in [1.54, 1.807) is 0 Å². The molecule has 0 saturated heterocycles. The molecule has 1 rings (SSSR count). The number of aliphatic hydroxyl groups excluding tert-OH is 1. The number of ether oxygens (including phenoxy) is 2. The van der Waals surface area contributed by atoms with Gasteiger partial charge < -0.3 is 25.0 Å². The molecule has 0 heterocycles. The SMILES string of the molecule is COC(=O)c1ccc(O)c(NC(C(=O)OC)C(C)O)c1. The van der Waals surface area contributed by atoms with E-state index in [0.717, 1.165) is 0 Å². The quantitative estimate of drug-likeness (QED) is 0.534. The Bertz CT molecular complexity index is 500. The molecule has 0 aliphatic heterocycles. The van der Waals surface area contributed by atoms with Gasteiger partial charge in [-0.2, -0.15) is 0 Å². The number of rotatable bonds is 5. The maximum atomic E-state index is 11.5. The maximum absolute atomic E-state index is 11.5. The minimum atomic E-state index is -1.07. The second kappa shape index (κ2) is 6.76. The largest absolute Gasteiger partial charge is 0.506 e. The van der Waals surface area contributed by atoms with Crippen molar-refractivity contribution >= 4 is 17.6 Å². The lowest BCUT2D eigenvalue weighted by Gasteiger charge is -2.20. The van der Waals surface area contributed by atoms with Crippen molar-refractivity contribution in [1.82, 2.24) is 0 Å². The van der Waals surface area contributed by atoms with Crippen molar-refractivity contribution in [2.75, 3.05) is 19.5 Å². The van der Waals surface area contributed by atoms with Crippen LogP contribution in [-0.2, 0) is 14.3 Å². The number of benzene rings is 1. The number of methoxy groups -OCH3 is 2. The number of phenols is 1. The summed E-state index contributed by atoms with van der Waals surface area (Å²) in [6.45, 7) is 1.40. The lowest BCUT2D eigenvalue weighted by molar-refractivity contribution is -0.143. The fraction of sp³-hybridized carbons (Fsp3) is 0.385. The summed E-state index contributed by atoms with van der Waals surface area (Å²) in [5, 5.41) is 21.9. The molecule has 2 unspecified atom stereocenters. The zero-order valence-corrected chi connectivity index (χ0v) is 11.4. The van der Waals surface area contributed by atoms with Crippen molar-refractivity contribution in [2.24, 2.45) is 0 Å². The van der Waals surface area contributed by atoms with Crippen LogP contribution in [0, 0.1) is 0 Å². The maximum Gasteiger partial charge on any atom is 0.337 e. The van der Waals surface area contributed by atoms with Gasteiger partial charge in [0.2, 0.25) is 0 Å². The summed E-state index contributed by atoms with van der Waals surface area (Å²) >= 11 is 0. The average Bonchev–Trinajstić information content (AvgIpc) is 2.44. The third-order valence-corrected chi connectivity index (χ3v) is 2.67. The number of carbonyl (C=O) groups is 2. The molecule has 2 atom stereocenters. The van der Waals surface area contributed by atoms with Crippen LogP contribution in [0.3, 0.4) is 0 Å². The monoisotopic (exact) mass is 283 g/mol. The van der Waals surface area contributed by atoms with Gasteiger partial charge in [-0.1, -0.05) is 0 Å². The topological polar surface area (TPSA) is 105 Å². The molecule has 0 aliphatic rings. The van der Waals surface area contributed by atoms with Gasteiger partial charge in [-0.15, -0.1) is 0 Å². The molecule has 0 aromatic heterocycles. The van der Waals surface area contributed by atoms with Gasteiger partial charge in [-0.25, -0.2) is 9.59 Å². The molecular weight excluding hydrogens is 266 g/mol. The number of carbonyl (C=O) groups excluding carboxylic acids is 2. The van der Waals surface area contributed by atoms with Gasteiger partial charge in [0, 0.05) is 0 Å². The standard InChI is InChI=1S/C13H17NO6/c1-7(15)11(13(18)20-3)14-9-6-8(12(17)19-2)4-5-10(9)16/h4-7,11,14-16H,1-3H3. The van der Waals surface area contributed by atoms with Crippen LogP contribution >= 0.6 is 0 Å². The fourth-order valence-corrected chi connectivity index (χ4v) is 1.57. The van der Waals surface area contributed by atoms with E-state index in [1.807, 2.05) is 0 Å². The molecule has 0 radical (unpaired) electrons. The van der Waals surface area contributed by atoms with Crippen LogP contribution in [0.1, 0.15) is 17.3 Å². The highest BCUT2D eigenvalue weighted by Crippen LogP contribution is 2.26. The molecule has 7 heteroatoms. The van der Waals surface area contributed by atoms with Crippen LogP contribution < -0.4 is 5.32 Å². The Balaban J connectivity index is 3.05. The first-order chi connectivity index (χ1) is 9.40. The molecular formula is C13H17NO6. The summed E-state index contributed by atoms with van der Waals surface area (Å²) in [5.74, 6) is -1.45. The van der Waals surface area contributed by atoms with E-state index in [9.17, 15) is 19.8 Å². The van der Waals surface area contributed by atoms with E-state index in [1.165, 1.54) is 39.3 Å². The summed E-state index contributed by atoms with van der Waals surface area (Å²) < 4.78 is 9.11. The van der Waals surface area contributed by atoms with Gasteiger partial charge in [0.1, 0.15) is 5.75 Å². The second-order valence-corrected chi connectivity index (χ2v) is 4.11. The number of phenolic OH excluding ortho intramolecular Hbond substituents is 1. The Morgan fingerprint density at radius 2 is 1.90 bits per heavy atom. The third-order valence-electron chi connectivity index (χ3n) is 2.67. The van der Waals surface area contributed by atoms with Crippen LogP contribution in [-0.4, -0.2) is 48.5 Å². The minimum Gasteiger partial charge on any atom is -0.506 e. The molecule has 110 valence electrons. The van der Waals surface area contributed by atoms with E-state index in [2.05, 4.69) is 14.8 Å². The van der Waals surface area contributed by atoms with Crippen molar-refractivity contribution in [3.8, 4) is 5.75 Å². The fourth-order valence-electron chi connectivity index (χ4n) is 1.57. The van der Waals surface area contributed by atoms with Crippen molar-refractivity contribution in [3.63, 3.8) is 0 Å². The Kier molecular flexibility index (Phi) is 5.33. The van der Waals surface area contributed by atoms with Crippen molar-refractivity contribution in [1.29, 1.82) is 0 Å². The van der Waals surface area contributed by atoms with Crippen LogP contribution in [0.2, 0.25) is 0 Å². The minimum absolute atomic E-state index is 0.115. The Morgan fingerprint density at radius 3 is 2.40 bits per heavy atom. The molecule has 1 aromatic carbocycles. The van der Waals surface area contributed by atoms with E-state index >= 15 is 0 Å². The highest BCUT2D eigenvalue weighted by molar-refractivity contribution is 5.91. The van der Waals surface area contributed by atoms with Gasteiger partial charge >= 0.3 is 11.9 Å². The molecule has 0 saturated carbocycles. The molecule has 3 N–H and O–H groups in total. The first-order valence-electron chi connectivity index (χ1n) is 5.84. The summed E-state index contributed by atoms with van der Waals surface area (Å²) in [4.78, 5) is 22.9. The molecule has 0 bridgehead atoms. The normalized spacial score (nSPS) is 13.2. The number of esters is 2. The summed E-state index contributed by atoms with van der Waals surface area (Å²) in [6.07, 6.45) is -1.05. The number of aliphatic hydroxyl groups is 1. The first kappa shape index (κ1) is 15.8. The Labute approximate surface area is 116 Å². The van der Waals surface area contributed by atoms with Crippen molar-refractivity contribution in [2.45, 2.75) is 19.1 Å². The van der Waals surface area contributed by atoms with Crippen LogP contribution in [0.5, 0.6) is 5.75 Å². The number of hydrogen-bond donors (Lipinski definition) is 3. The predicted molar refractivity (Wildman–Crippen MR) is 70.6 cm³/mol. The lowest BCUT2D eigenvalue weighted by atomic mass is 10.1. The number of aromatic hydroxyl groups is 1. The number of anilines is 1. The Hall–Kier alpha value is -2.28. The number of hydrogen-bond acceptors (Lipinski definition) is 7. The summed E-state index contributed by atoms with van der Waals surface area (Å²) in [6, 6.07) is 2.91. The lowest BCUT2D eigenvalue weighted by Crippen LogP contribution is -2.40. The second-order valence-electron chi connectivity index (χ2n) is 4.11. The zero-order valence-electron chi connectivity index (χ0n) is 11.4. The van der Waals surface area contributed by atoms with E-state index in [-0.39, 0.29) is 17.0 Å². The van der Waals surface area contributed by atoms with Gasteiger partial charge in [-0.3, -0.25) is 0 Å². The molecule has 7 nitrogen and oxygen atoms in total. The molecule has 0 fully saturated rings. The summed E-state index contributed by atoms with van der Waals surface area (Å²) in [5.41, 5.74) is 0.311. The van der Waals surface area contributed by atoms with E-state index < -0.39 is 24.1 Å². The van der Waals surface area contributed by atoms with Crippen LogP contribution in [0.4, 0.5) is 5.69 Å². The highest BCUT2D eigenvalue weighted by atomic mass is 16.5. The van der Waals surface area contributed by atoms with Crippen LogP contribution in [0.25, 0.3) is 0 Å². The van der Waals surface area contributed by atoms with Gasteiger partial charge in [0.15, 0.2) is 6.04 Å². The van der Waals surface area contributed by atoms with E-state index in [4.69, 9.17) is 0 Å². The first-order valence-corrected chi connectivity index (χ1v) is 5.84. The summed E-state index contributed by atoms with van der Waals surface area (Å²) in [7, 11) is 2.42. The van der Waals surface area contributed by atoms with Crippen molar-refractivity contribution < 1.29 is 29.3 Å². The molecule has 0 amide bonds. The molecule has 0 spiro atoms. The molecule has 1 aromatic rings. The zero-order chi connectivity index (χ0) is 15.3. The Morgan fingerprint density at radius 1 is 1.25 bits per heavy atom. The third kappa shape index (κ3) is 3.61. The van der Waals surface area contributed by atoms with Gasteiger partial charge in [0.25, 0.3) is 0 Å². The smallest absolute Gasteiger partial charge is 0.337 e. The molecule has 20 heavy (non-hydrogen) atoms. The van der Waals surface area contributed by atoms with E-state index in [0.29, 0.717) is 0 Å². The predicted octanol–water partition coefficient (Wildman–Crippen LogP) is 0.513. The van der Waals surface area contributed by atoms with Gasteiger partial charge in [-0.05, 0) is 25.1 Å². The highest BCUT2D eigenvalue weighted by Gasteiger charge is 2.25. The average molecular weight is 283 g/mol. The number of nitrogens with one attached hydrogen (secondary N) is 1. The van der Waals surface area contributed by atoms with Crippen LogP contribution in [0.15, 0.2) is 18.2 Å².